The van der Waals surface area contributed by atoms with Gasteiger partial charge in [0.05, 0.1) is 29.9 Å². The Morgan fingerprint density at radius 1 is 1.00 bits per heavy atom. The summed E-state index contributed by atoms with van der Waals surface area (Å²) in [6.45, 7) is 0.310. The van der Waals surface area contributed by atoms with Crippen molar-refractivity contribution in [3.8, 4) is 17.1 Å². The van der Waals surface area contributed by atoms with Gasteiger partial charge in [0.2, 0.25) is 0 Å². The van der Waals surface area contributed by atoms with Gasteiger partial charge in [0.15, 0.2) is 5.52 Å². The zero-order chi connectivity index (χ0) is 25.9. The van der Waals surface area contributed by atoms with Crippen molar-refractivity contribution in [2.24, 2.45) is 7.05 Å². The van der Waals surface area contributed by atoms with Crippen LogP contribution in [0.15, 0.2) is 71.7 Å². The van der Waals surface area contributed by atoms with Crippen molar-refractivity contribution in [3.63, 3.8) is 0 Å². The Bertz CT molecular complexity index is 1870. The molecule has 2 aromatic carbocycles. The average molecular weight is 504 g/mol. The van der Waals surface area contributed by atoms with Crippen molar-refractivity contribution in [1.29, 1.82) is 0 Å². The number of nitrogens with zero attached hydrogens (tertiary/aromatic N) is 6. The van der Waals surface area contributed by atoms with Gasteiger partial charge in [-0.3, -0.25) is 14.0 Å². The molecule has 11 heteroatoms. The van der Waals surface area contributed by atoms with E-state index in [1.54, 1.807) is 52.8 Å². The molecule has 0 atom stereocenters. The van der Waals surface area contributed by atoms with E-state index in [0.29, 0.717) is 34.5 Å². The lowest BCUT2D eigenvalue weighted by Gasteiger charge is -2.13. The van der Waals surface area contributed by atoms with Crippen molar-refractivity contribution in [3.05, 3.63) is 82.9 Å². The van der Waals surface area contributed by atoms with E-state index in [2.05, 4.69) is 15.1 Å². The van der Waals surface area contributed by atoms with Crippen LogP contribution in [0.5, 0.6) is 0 Å². The van der Waals surface area contributed by atoms with E-state index in [9.17, 15) is 23.1 Å². The minimum Gasteiger partial charge on any atom is -0.394 e. The molecule has 0 spiro atoms. The molecule has 6 aromatic rings. The summed E-state index contributed by atoms with van der Waals surface area (Å²) in [7, 11) is 1.72. The van der Waals surface area contributed by atoms with Crippen LogP contribution >= 0.6 is 0 Å². The molecule has 0 unspecified atom stereocenters. The number of para-hydroxylation sites is 1. The number of aliphatic hydroxyl groups excluding tert-OH is 1. The van der Waals surface area contributed by atoms with Gasteiger partial charge in [0, 0.05) is 29.6 Å². The van der Waals surface area contributed by atoms with Gasteiger partial charge in [0.1, 0.15) is 17.2 Å². The minimum absolute atomic E-state index is 0.0452. The molecule has 4 aromatic heterocycles. The molecule has 0 fully saturated rings. The van der Waals surface area contributed by atoms with E-state index in [4.69, 9.17) is 0 Å². The van der Waals surface area contributed by atoms with Gasteiger partial charge < -0.3 is 9.67 Å². The maximum absolute atomic E-state index is 13.7. The van der Waals surface area contributed by atoms with Crippen LogP contribution in [0.1, 0.15) is 5.69 Å². The second kappa shape index (κ2) is 8.27. The highest BCUT2D eigenvalue weighted by atomic mass is 19.4. The summed E-state index contributed by atoms with van der Waals surface area (Å²) < 4.78 is 45.2. The molecule has 37 heavy (non-hydrogen) atoms. The third-order valence-corrected chi connectivity index (χ3v) is 6.29. The maximum Gasteiger partial charge on any atom is 0.433 e. The van der Waals surface area contributed by atoms with Crippen molar-refractivity contribution >= 4 is 33.0 Å². The Morgan fingerprint density at radius 3 is 2.51 bits per heavy atom. The van der Waals surface area contributed by atoms with Gasteiger partial charge in [-0.2, -0.15) is 18.3 Å². The second-order valence-electron chi connectivity index (χ2n) is 8.62. The summed E-state index contributed by atoms with van der Waals surface area (Å²) in [4.78, 5) is 22.3. The number of aliphatic hydroxyl groups is 1. The van der Waals surface area contributed by atoms with Crippen molar-refractivity contribution in [1.82, 2.24) is 28.9 Å². The fraction of sp³-hybridized carbons (Fsp3) is 0.154. The van der Waals surface area contributed by atoms with Crippen LogP contribution in [0.4, 0.5) is 13.2 Å². The van der Waals surface area contributed by atoms with Gasteiger partial charge >= 0.3 is 6.18 Å². The van der Waals surface area contributed by atoms with Gasteiger partial charge in [0.25, 0.3) is 5.56 Å². The van der Waals surface area contributed by atoms with Crippen molar-refractivity contribution in [2.75, 3.05) is 6.61 Å². The molecule has 0 aliphatic carbocycles. The van der Waals surface area contributed by atoms with Crippen LogP contribution in [-0.2, 0) is 19.8 Å². The lowest BCUT2D eigenvalue weighted by atomic mass is 10.1. The molecule has 4 heterocycles. The molecule has 0 amide bonds. The zero-order valence-electron chi connectivity index (χ0n) is 19.4. The Labute approximate surface area is 206 Å². The molecule has 0 aliphatic heterocycles. The summed E-state index contributed by atoms with van der Waals surface area (Å²) >= 11 is 0. The Morgan fingerprint density at radius 2 is 1.78 bits per heavy atom. The monoisotopic (exact) mass is 504 g/mol. The fourth-order valence-corrected chi connectivity index (χ4v) is 4.63. The normalized spacial score (nSPS) is 12.2. The van der Waals surface area contributed by atoms with Crippen LogP contribution in [-0.4, -0.2) is 40.6 Å². The largest absolute Gasteiger partial charge is 0.433 e. The summed E-state index contributed by atoms with van der Waals surface area (Å²) in [5.41, 5.74) is 0.566. The Kier molecular flexibility index (Phi) is 5.12. The number of fused-ring (bicyclic) bond motifs is 4. The number of aryl methyl sites for hydroxylation is 1. The molecule has 186 valence electrons. The molecule has 0 saturated heterocycles. The van der Waals surface area contributed by atoms with Crippen LogP contribution in [0.2, 0.25) is 0 Å². The van der Waals surface area contributed by atoms with Gasteiger partial charge in [-0.15, -0.1) is 0 Å². The molecule has 0 bridgehead atoms. The van der Waals surface area contributed by atoms with Gasteiger partial charge in [-0.25, -0.2) is 9.97 Å². The first-order valence-corrected chi connectivity index (χ1v) is 11.4. The number of rotatable bonds is 4. The number of aromatic nitrogens is 6. The number of benzene rings is 2. The van der Waals surface area contributed by atoms with Gasteiger partial charge in [-0.05, 0) is 42.5 Å². The van der Waals surface area contributed by atoms with Crippen molar-refractivity contribution < 1.29 is 18.3 Å². The molecular weight excluding hydrogens is 485 g/mol. The van der Waals surface area contributed by atoms with Gasteiger partial charge in [-0.1, -0.05) is 18.2 Å². The Hall–Kier alpha value is -4.51. The van der Waals surface area contributed by atoms with Crippen LogP contribution < -0.4 is 5.56 Å². The highest BCUT2D eigenvalue weighted by molar-refractivity contribution is 6.03. The number of halogens is 3. The lowest BCUT2D eigenvalue weighted by Crippen LogP contribution is -2.21. The van der Waals surface area contributed by atoms with E-state index >= 15 is 0 Å². The average Bonchev–Trinajstić information content (AvgIpc) is 3.44. The zero-order valence-corrected chi connectivity index (χ0v) is 19.4. The van der Waals surface area contributed by atoms with Crippen LogP contribution in [0.3, 0.4) is 0 Å². The minimum atomic E-state index is -4.67. The first kappa shape index (κ1) is 22.9. The molecule has 1 N–H and O–H groups in total. The topological polar surface area (TPSA) is 90.8 Å². The van der Waals surface area contributed by atoms with Crippen LogP contribution in [0.25, 0.3) is 50.0 Å². The lowest BCUT2D eigenvalue weighted by molar-refractivity contribution is -0.141. The Balaban J connectivity index is 1.66. The van der Waals surface area contributed by atoms with Crippen LogP contribution in [0, 0.1) is 0 Å². The summed E-state index contributed by atoms with van der Waals surface area (Å²) in [6.07, 6.45) is -2.87. The summed E-state index contributed by atoms with van der Waals surface area (Å²) in [5, 5.41) is 14.8. The third-order valence-electron chi connectivity index (χ3n) is 6.29. The highest BCUT2D eigenvalue weighted by Gasteiger charge is 2.33. The summed E-state index contributed by atoms with van der Waals surface area (Å²) in [5.74, 6) is 0.468. The predicted octanol–water partition coefficient (Wildman–Crippen LogP) is 4.30. The summed E-state index contributed by atoms with van der Waals surface area (Å²) in [6, 6.07) is 16.2. The van der Waals surface area contributed by atoms with E-state index in [1.165, 1.54) is 10.6 Å². The number of hydrogen-bond donors (Lipinski definition) is 1. The highest BCUT2D eigenvalue weighted by Crippen LogP contribution is 2.33. The maximum atomic E-state index is 13.7. The van der Waals surface area contributed by atoms with E-state index in [1.807, 2.05) is 18.2 Å². The van der Waals surface area contributed by atoms with Crippen molar-refractivity contribution in [2.45, 2.75) is 12.7 Å². The van der Waals surface area contributed by atoms with E-state index < -0.39 is 17.4 Å². The molecule has 0 saturated carbocycles. The molecule has 8 nitrogen and oxygen atoms in total. The molecule has 0 aliphatic rings. The predicted molar refractivity (Wildman–Crippen MR) is 132 cm³/mol. The number of imidazole rings is 1. The van der Waals surface area contributed by atoms with E-state index in [-0.39, 0.29) is 17.8 Å². The SMILES string of the molecule is Cn1c(-c2ccc3nn(CCO)cc3c2)nc2c(=O)n(-c3ccccc3)c3nc(C(F)(F)F)ccc3c21. The number of pyridine rings is 2. The third kappa shape index (κ3) is 3.66. The fourth-order valence-electron chi connectivity index (χ4n) is 4.63. The smallest absolute Gasteiger partial charge is 0.394 e. The molecular formula is C26H19F3N6O2. The second-order valence-corrected chi connectivity index (χ2v) is 8.62. The number of hydrogen-bond acceptors (Lipinski definition) is 5. The van der Waals surface area contributed by atoms with E-state index in [0.717, 1.165) is 17.0 Å². The molecule has 6 rings (SSSR count). The standard InChI is InChI=1S/C26H19F3N6O2/c1-33-22-18-8-10-20(26(27,28)29)30-24(18)35(17-5-3-2-4-6-17)25(37)21(22)31-23(33)15-7-9-19-16(13-15)14-34(32-19)11-12-36/h2-10,13-14,36H,11-12H2,1H3. The quantitative estimate of drug-likeness (QED) is 0.387. The molecule has 0 radical (unpaired) electrons. The first-order valence-electron chi connectivity index (χ1n) is 11.4. The first-order chi connectivity index (χ1) is 17.8. The number of alkyl halides is 3.